The Kier molecular flexibility index (Phi) is 6.18. The van der Waals surface area contributed by atoms with Crippen molar-refractivity contribution in [2.75, 3.05) is 11.8 Å². The van der Waals surface area contributed by atoms with E-state index in [1.807, 2.05) is 0 Å². The topological polar surface area (TPSA) is 114 Å². The summed E-state index contributed by atoms with van der Waals surface area (Å²) >= 11 is 5.93. The molecule has 2 heterocycles. The Labute approximate surface area is 213 Å². The van der Waals surface area contributed by atoms with Crippen molar-refractivity contribution in [1.82, 2.24) is 10.1 Å². The fourth-order valence-electron chi connectivity index (χ4n) is 3.95. The number of benzene rings is 3. The van der Waals surface area contributed by atoms with Crippen LogP contribution in [0.25, 0.3) is 33.2 Å². The third kappa shape index (κ3) is 4.78. The van der Waals surface area contributed by atoms with E-state index in [-0.39, 0.29) is 49.3 Å². The molecule has 0 bridgehead atoms. The minimum absolute atomic E-state index is 0.00780. The van der Waals surface area contributed by atoms with Crippen molar-refractivity contribution in [3.63, 3.8) is 0 Å². The largest absolute Gasteiger partial charge is 0.496 e. The summed E-state index contributed by atoms with van der Waals surface area (Å²) in [5, 5.41) is 4.33. The number of pyridine rings is 1. The van der Waals surface area contributed by atoms with Crippen molar-refractivity contribution >= 4 is 38.2 Å². The summed E-state index contributed by atoms with van der Waals surface area (Å²) in [6.07, 6.45) is 1.21. The molecule has 0 amide bonds. The second-order valence-corrected chi connectivity index (χ2v) is 10.1. The van der Waals surface area contributed by atoms with Crippen LogP contribution < -0.4 is 15.0 Å². The van der Waals surface area contributed by atoms with Gasteiger partial charge in [0.1, 0.15) is 23.6 Å². The molecule has 8 nitrogen and oxygen atoms in total. The quantitative estimate of drug-likeness (QED) is 0.288. The van der Waals surface area contributed by atoms with Crippen molar-refractivity contribution in [1.29, 1.82) is 0 Å². The lowest BCUT2D eigenvalue weighted by Gasteiger charge is -2.15. The van der Waals surface area contributed by atoms with E-state index in [1.165, 1.54) is 55.8 Å². The van der Waals surface area contributed by atoms with Crippen molar-refractivity contribution < 1.29 is 26.5 Å². The smallest absolute Gasteiger partial charge is 0.263 e. The second kappa shape index (κ2) is 9.34. The van der Waals surface area contributed by atoms with Crippen LogP contribution in [0.5, 0.6) is 5.75 Å². The maximum atomic E-state index is 15.3. The summed E-state index contributed by atoms with van der Waals surface area (Å²) < 4.78 is 67.1. The number of nitrogens with zero attached hydrogens (tertiary/aromatic N) is 1. The highest BCUT2D eigenvalue weighted by Crippen LogP contribution is 2.39. The van der Waals surface area contributed by atoms with E-state index < -0.39 is 27.2 Å². The first-order chi connectivity index (χ1) is 17.6. The molecule has 0 saturated carbocycles. The van der Waals surface area contributed by atoms with Gasteiger partial charge in [-0.15, -0.1) is 0 Å². The third-order valence-corrected chi connectivity index (χ3v) is 7.12. The zero-order chi connectivity index (χ0) is 26.3. The monoisotopic (exact) mass is 543 g/mol. The van der Waals surface area contributed by atoms with Gasteiger partial charge >= 0.3 is 0 Å². The Morgan fingerprint density at radius 3 is 2.54 bits per heavy atom. The molecule has 0 aliphatic heterocycles. The van der Waals surface area contributed by atoms with Gasteiger partial charge < -0.3 is 14.2 Å². The van der Waals surface area contributed by atoms with Gasteiger partial charge in [-0.25, -0.2) is 17.2 Å². The summed E-state index contributed by atoms with van der Waals surface area (Å²) in [5.41, 5.74) is 0.0934. The van der Waals surface area contributed by atoms with E-state index in [4.69, 9.17) is 16.3 Å². The summed E-state index contributed by atoms with van der Waals surface area (Å²) in [7, 11) is -2.68. The summed E-state index contributed by atoms with van der Waals surface area (Å²) in [4.78, 5) is 15.0. The molecule has 2 aromatic heterocycles. The van der Waals surface area contributed by atoms with Crippen molar-refractivity contribution in [2.45, 2.75) is 4.90 Å². The van der Waals surface area contributed by atoms with Crippen molar-refractivity contribution in [3.05, 3.63) is 93.9 Å². The number of anilines is 1. The summed E-state index contributed by atoms with van der Waals surface area (Å²) in [5.74, 6) is -1.17. The predicted molar refractivity (Wildman–Crippen MR) is 134 cm³/mol. The van der Waals surface area contributed by atoms with E-state index in [2.05, 4.69) is 19.4 Å². The maximum absolute atomic E-state index is 15.3. The van der Waals surface area contributed by atoms with Gasteiger partial charge in [0.2, 0.25) is 5.56 Å². The number of sulfonamides is 1. The Morgan fingerprint density at radius 2 is 1.84 bits per heavy atom. The van der Waals surface area contributed by atoms with E-state index in [9.17, 15) is 17.6 Å². The van der Waals surface area contributed by atoms with Gasteiger partial charge in [0.25, 0.3) is 10.0 Å². The number of halogens is 3. The van der Waals surface area contributed by atoms with Gasteiger partial charge in [0.05, 0.1) is 17.7 Å². The summed E-state index contributed by atoms with van der Waals surface area (Å²) in [6.45, 7) is 0. The molecular formula is C25H16ClF2N3O5S. The molecule has 5 rings (SSSR count). The van der Waals surface area contributed by atoms with Crippen LogP contribution in [0.1, 0.15) is 0 Å². The minimum Gasteiger partial charge on any atom is -0.496 e. The van der Waals surface area contributed by atoms with Crippen LogP contribution in [-0.4, -0.2) is 25.7 Å². The SMILES string of the molecule is COc1cc(-c2cc(F)cc(Cl)c2)c(F)cc1-c1[nH]c(=O)cc2cc(S(=O)(=O)Nc3ccon3)ccc12. The Balaban J connectivity index is 1.65. The first-order valence-electron chi connectivity index (χ1n) is 10.6. The molecule has 188 valence electrons. The van der Waals surface area contributed by atoms with E-state index in [1.54, 1.807) is 0 Å². The van der Waals surface area contributed by atoms with E-state index in [0.717, 1.165) is 18.2 Å². The second-order valence-electron chi connectivity index (χ2n) is 7.94. The van der Waals surface area contributed by atoms with E-state index in [0.29, 0.717) is 5.39 Å². The Bertz CT molecular complexity index is 1800. The number of hydrogen-bond donors (Lipinski definition) is 2. The van der Waals surface area contributed by atoms with Crippen molar-refractivity contribution in [3.8, 4) is 28.1 Å². The van der Waals surface area contributed by atoms with Gasteiger partial charge in [0, 0.05) is 33.7 Å². The number of aromatic amines is 1. The van der Waals surface area contributed by atoms with Gasteiger partial charge in [-0.1, -0.05) is 22.8 Å². The standard InChI is InChI=1S/C25H16ClF2N3O5S/c1-35-22-12-19(13-6-15(26)10-16(27)7-13)21(28)11-20(22)25-18-3-2-17(8-14(18)9-24(32)29-25)37(33,34)31-23-4-5-36-30-23/h2-12H,1H3,(H,29,32)(H,30,31). The predicted octanol–water partition coefficient (Wildman–Crippen LogP) is 5.59. The number of hydrogen-bond acceptors (Lipinski definition) is 6. The molecule has 12 heteroatoms. The van der Waals surface area contributed by atoms with Crippen LogP contribution in [0.2, 0.25) is 5.02 Å². The normalized spacial score (nSPS) is 11.6. The van der Waals surface area contributed by atoms with Crippen LogP contribution in [0, 0.1) is 11.6 Å². The molecule has 0 unspecified atom stereocenters. The number of nitrogens with one attached hydrogen (secondary N) is 2. The van der Waals surface area contributed by atoms with Gasteiger partial charge in [-0.05, 0) is 53.4 Å². The first kappa shape index (κ1) is 24.5. The molecule has 5 aromatic rings. The maximum Gasteiger partial charge on any atom is 0.263 e. The number of aromatic nitrogens is 2. The average molecular weight is 544 g/mol. The Morgan fingerprint density at radius 1 is 1.03 bits per heavy atom. The first-order valence-corrected chi connectivity index (χ1v) is 12.5. The number of fused-ring (bicyclic) bond motifs is 1. The lowest BCUT2D eigenvalue weighted by molar-refractivity contribution is 0.415. The lowest BCUT2D eigenvalue weighted by Crippen LogP contribution is -2.13. The fourth-order valence-corrected chi connectivity index (χ4v) is 5.19. The fraction of sp³-hybridized carbons (Fsp3) is 0.0400. The molecule has 0 atom stereocenters. The number of rotatable bonds is 6. The third-order valence-electron chi connectivity index (χ3n) is 5.55. The van der Waals surface area contributed by atoms with Crippen LogP contribution in [0.4, 0.5) is 14.6 Å². The number of methoxy groups -OCH3 is 1. The molecule has 0 radical (unpaired) electrons. The molecule has 0 aliphatic rings. The van der Waals surface area contributed by atoms with Crippen LogP contribution in [0.15, 0.2) is 81.1 Å². The van der Waals surface area contributed by atoms with Crippen LogP contribution >= 0.6 is 11.6 Å². The van der Waals surface area contributed by atoms with Gasteiger partial charge in [0.15, 0.2) is 5.82 Å². The highest BCUT2D eigenvalue weighted by molar-refractivity contribution is 7.92. The van der Waals surface area contributed by atoms with Gasteiger partial charge in [-0.2, -0.15) is 0 Å². The van der Waals surface area contributed by atoms with Gasteiger partial charge in [-0.3, -0.25) is 9.52 Å². The molecule has 3 aromatic carbocycles. The minimum atomic E-state index is -4.04. The molecule has 37 heavy (non-hydrogen) atoms. The molecule has 2 N–H and O–H groups in total. The van der Waals surface area contributed by atoms with Crippen LogP contribution in [0.3, 0.4) is 0 Å². The Hall–Kier alpha value is -4.22. The number of H-pyrrole nitrogens is 1. The van der Waals surface area contributed by atoms with E-state index >= 15 is 4.39 Å². The molecule has 0 fully saturated rings. The zero-order valence-corrected chi connectivity index (χ0v) is 20.5. The molecular weight excluding hydrogens is 528 g/mol. The highest BCUT2D eigenvalue weighted by Gasteiger charge is 2.20. The average Bonchev–Trinajstić information content (AvgIpc) is 3.34. The lowest BCUT2D eigenvalue weighted by atomic mass is 9.98. The van der Waals surface area contributed by atoms with Crippen LogP contribution in [-0.2, 0) is 10.0 Å². The molecule has 0 saturated heterocycles. The zero-order valence-electron chi connectivity index (χ0n) is 18.9. The molecule has 0 spiro atoms. The van der Waals surface area contributed by atoms with Crippen molar-refractivity contribution in [2.24, 2.45) is 0 Å². The number of ether oxygens (including phenoxy) is 1. The summed E-state index contributed by atoms with van der Waals surface area (Å²) in [6, 6.07) is 12.8. The highest BCUT2D eigenvalue weighted by atomic mass is 35.5. The molecule has 0 aliphatic carbocycles.